The average molecular weight is 448 g/mol. The molecule has 1 amide bonds. The molecule has 1 heterocycles. The molecule has 166 valence electrons. The second-order valence-corrected chi connectivity index (χ2v) is 7.21. The number of carbonyl (C=O) groups excluding carboxylic acids is 1. The number of pyridine rings is 1. The summed E-state index contributed by atoms with van der Waals surface area (Å²) in [5.41, 5.74) is 1.99. The molecule has 3 aromatic carbocycles. The van der Waals surface area contributed by atoms with Crippen LogP contribution in [0.15, 0.2) is 91.0 Å². The molecule has 1 N–H and O–H groups in total. The van der Waals surface area contributed by atoms with Crippen molar-refractivity contribution >= 4 is 11.6 Å². The van der Waals surface area contributed by atoms with Crippen LogP contribution in [0.5, 0.6) is 5.75 Å². The van der Waals surface area contributed by atoms with Crippen LogP contribution in [0.1, 0.15) is 15.9 Å². The van der Waals surface area contributed by atoms with Crippen LogP contribution in [0.4, 0.5) is 18.9 Å². The number of methoxy groups -OCH3 is 1. The molecule has 0 radical (unpaired) electrons. The summed E-state index contributed by atoms with van der Waals surface area (Å²) in [6.45, 7) is 0. The molecule has 0 aliphatic carbocycles. The lowest BCUT2D eigenvalue weighted by molar-refractivity contribution is -0.137. The van der Waals surface area contributed by atoms with Crippen LogP contribution in [0, 0.1) is 0 Å². The zero-order valence-corrected chi connectivity index (χ0v) is 17.6. The number of nitrogens with zero attached hydrogens (tertiary/aromatic N) is 1. The van der Waals surface area contributed by atoms with Crippen LogP contribution < -0.4 is 10.1 Å². The summed E-state index contributed by atoms with van der Waals surface area (Å²) in [5.74, 6) is -0.0922. The van der Waals surface area contributed by atoms with Crippen LogP contribution in [-0.2, 0) is 6.18 Å². The zero-order valence-electron chi connectivity index (χ0n) is 17.6. The van der Waals surface area contributed by atoms with Crippen LogP contribution in [-0.4, -0.2) is 18.0 Å². The molecular formula is C26H19F3N2O2. The van der Waals surface area contributed by atoms with Crippen molar-refractivity contribution in [1.82, 2.24) is 4.98 Å². The first-order chi connectivity index (χ1) is 15.8. The summed E-state index contributed by atoms with van der Waals surface area (Å²) < 4.78 is 45.0. The predicted molar refractivity (Wildman–Crippen MR) is 121 cm³/mol. The minimum absolute atomic E-state index is 0.367. The van der Waals surface area contributed by atoms with Gasteiger partial charge in [0.15, 0.2) is 0 Å². The number of ether oxygens (including phenoxy) is 1. The fourth-order valence-corrected chi connectivity index (χ4v) is 3.40. The van der Waals surface area contributed by atoms with E-state index in [9.17, 15) is 18.0 Å². The Hall–Kier alpha value is -4.13. The molecule has 7 heteroatoms. The number of carbonyl (C=O) groups is 1. The molecule has 33 heavy (non-hydrogen) atoms. The van der Waals surface area contributed by atoms with E-state index < -0.39 is 23.2 Å². The number of halogens is 3. The molecule has 0 saturated carbocycles. The van der Waals surface area contributed by atoms with Crippen LogP contribution in [0.2, 0.25) is 0 Å². The monoisotopic (exact) mass is 448 g/mol. The van der Waals surface area contributed by atoms with Crippen molar-refractivity contribution in [2.75, 3.05) is 12.4 Å². The maximum Gasteiger partial charge on any atom is 0.417 e. The quantitative estimate of drug-likeness (QED) is 0.370. The lowest BCUT2D eigenvalue weighted by atomic mass is 10.1. The Bertz CT molecular complexity index is 1290. The molecule has 0 fully saturated rings. The van der Waals surface area contributed by atoms with E-state index in [1.54, 1.807) is 25.3 Å². The van der Waals surface area contributed by atoms with E-state index in [-0.39, 0.29) is 0 Å². The third-order valence-corrected chi connectivity index (χ3v) is 5.03. The molecule has 0 bridgehead atoms. The van der Waals surface area contributed by atoms with Gasteiger partial charge < -0.3 is 10.1 Å². The van der Waals surface area contributed by atoms with Gasteiger partial charge in [0.05, 0.1) is 29.6 Å². The van der Waals surface area contributed by atoms with Gasteiger partial charge in [0.25, 0.3) is 5.91 Å². The van der Waals surface area contributed by atoms with Crippen LogP contribution in [0.25, 0.3) is 22.5 Å². The van der Waals surface area contributed by atoms with E-state index in [2.05, 4.69) is 5.32 Å². The normalized spacial score (nSPS) is 11.2. The Kier molecular flexibility index (Phi) is 6.13. The second-order valence-electron chi connectivity index (χ2n) is 7.21. The highest BCUT2D eigenvalue weighted by molar-refractivity contribution is 6.05. The zero-order chi connectivity index (χ0) is 23.4. The maximum atomic E-state index is 13.3. The van der Waals surface area contributed by atoms with Gasteiger partial charge in [-0.25, -0.2) is 4.98 Å². The number of hydrogen-bond donors (Lipinski definition) is 1. The van der Waals surface area contributed by atoms with Gasteiger partial charge in [-0.2, -0.15) is 13.2 Å². The predicted octanol–water partition coefficient (Wildman–Crippen LogP) is 6.70. The number of amides is 1. The number of hydrogen-bond acceptors (Lipinski definition) is 3. The molecule has 0 aliphatic rings. The lowest BCUT2D eigenvalue weighted by Crippen LogP contribution is -2.18. The Morgan fingerprint density at radius 2 is 1.48 bits per heavy atom. The molecule has 0 aliphatic heterocycles. The third kappa shape index (κ3) is 5.03. The number of rotatable bonds is 5. The molecule has 0 saturated heterocycles. The summed E-state index contributed by atoms with van der Waals surface area (Å²) in [6, 6.07) is 24.6. The van der Waals surface area contributed by atoms with Crippen molar-refractivity contribution < 1.29 is 22.7 Å². The Labute approximate surface area is 188 Å². The minimum Gasteiger partial charge on any atom is -0.497 e. The topological polar surface area (TPSA) is 51.2 Å². The third-order valence-electron chi connectivity index (χ3n) is 5.03. The van der Waals surface area contributed by atoms with Gasteiger partial charge in [-0.1, -0.05) is 30.3 Å². The lowest BCUT2D eigenvalue weighted by Gasteiger charge is -2.13. The Morgan fingerprint density at radius 3 is 2.18 bits per heavy atom. The summed E-state index contributed by atoms with van der Waals surface area (Å²) >= 11 is 0. The minimum atomic E-state index is -4.62. The number of alkyl halides is 3. The summed E-state index contributed by atoms with van der Waals surface area (Å²) in [6.07, 6.45) is -4.62. The fraction of sp³-hybridized carbons (Fsp3) is 0.0769. The number of nitrogens with one attached hydrogen (secondary N) is 1. The van der Waals surface area contributed by atoms with Crippen molar-refractivity contribution in [2.45, 2.75) is 6.18 Å². The molecule has 0 spiro atoms. The summed E-state index contributed by atoms with van der Waals surface area (Å²) in [4.78, 5) is 17.3. The van der Waals surface area contributed by atoms with E-state index in [0.29, 0.717) is 16.9 Å². The molecular weight excluding hydrogens is 429 g/mol. The summed E-state index contributed by atoms with van der Waals surface area (Å²) in [5, 5.41) is 2.56. The molecule has 4 aromatic rings. The van der Waals surface area contributed by atoms with Gasteiger partial charge in [-0.15, -0.1) is 0 Å². The van der Waals surface area contributed by atoms with Crippen LogP contribution >= 0.6 is 0 Å². The van der Waals surface area contributed by atoms with E-state index in [1.165, 1.54) is 12.1 Å². The van der Waals surface area contributed by atoms with Crippen molar-refractivity contribution in [2.24, 2.45) is 0 Å². The molecule has 4 rings (SSSR count). The highest BCUT2D eigenvalue weighted by Gasteiger charge is 2.34. The van der Waals surface area contributed by atoms with E-state index in [0.717, 1.165) is 29.1 Å². The smallest absolute Gasteiger partial charge is 0.417 e. The molecule has 1 aromatic heterocycles. The highest BCUT2D eigenvalue weighted by atomic mass is 19.4. The number of aromatic nitrogens is 1. The van der Waals surface area contributed by atoms with Gasteiger partial charge in [-0.05, 0) is 60.7 Å². The van der Waals surface area contributed by atoms with Crippen molar-refractivity contribution in [1.29, 1.82) is 0 Å². The van der Waals surface area contributed by atoms with E-state index in [1.807, 2.05) is 48.5 Å². The van der Waals surface area contributed by atoms with Crippen molar-refractivity contribution in [3.8, 4) is 28.3 Å². The van der Waals surface area contributed by atoms with Gasteiger partial charge >= 0.3 is 6.18 Å². The first kappa shape index (κ1) is 22.1. The van der Waals surface area contributed by atoms with E-state index >= 15 is 0 Å². The van der Waals surface area contributed by atoms with E-state index in [4.69, 9.17) is 9.72 Å². The van der Waals surface area contributed by atoms with Crippen LogP contribution in [0.3, 0.4) is 0 Å². The first-order valence-corrected chi connectivity index (χ1v) is 10.0. The standard InChI is InChI=1S/C26H19F3N2O2/c1-33-20-14-12-17(13-15-20)23-10-5-11-24(31-23)18-6-4-7-19(16-18)30-25(32)21-8-2-3-9-22(21)26(27,28)29/h2-16H,1H3,(H,30,32). The van der Waals surface area contributed by atoms with Gasteiger partial charge in [0, 0.05) is 16.8 Å². The summed E-state index contributed by atoms with van der Waals surface area (Å²) in [7, 11) is 1.60. The molecule has 4 nitrogen and oxygen atoms in total. The fourth-order valence-electron chi connectivity index (χ4n) is 3.40. The SMILES string of the molecule is COc1ccc(-c2cccc(-c3cccc(NC(=O)c4ccccc4C(F)(F)F)c3)n2)cc1. The maximum absolute atomic E-state index is 13.3. The van der Waals surface area contributed by atoms with Gasteiger partial charge in [-0.3, -0.25) is 4.79 Å². The van der Waals surface area contributed by atoms with Gasteiger partial charge in [0.1, 0.15) is 5.75 Å². The largest absolute Gasteiger partial charge is 0.497 e. The number of anilines is 1. The van der Waals surface area contributed by atoms with Gasteiger partial charge in [0.2, 0.25) is 0 Å². The average Bonchev–Trinajstić information content (AvgIpc) is 2.84. The second kappa shape index (κ2) is 9.16. The molecule has 0 unspecified atom stereocenters. The molecule has 0 atom stereocenters. The van der Waals surface area contributed by atoms with Crippen molar-refractivity contribution in [3.63, 3.8) is 0 Å². The Balaban J connectivity index is 1.60. The Morgan fingerprint density at radius 1 is 0.818 bits per heavy atom. The van der Waals surface area contributed by atoms with Crippen molar-refractivity contribution in [3.05, 3.63) is 102 Å². The first-order valence-electron chi connectivity index (χ1n) is 10.0. The highest BCUT2D eigenvalue weighted by Crippen LogP contribution is 2.32. The number of benzene rings is 3.